The van der Waals surface area contributed by atoms with Crippen LogP contribution in [0.4, 0.5) is 0 Å². The summed E-state index contributed by atoms with van der Waals surface area (Å²) in [7, 11) is 0. The Morgan fingerprint density at radius 3 is 2.83 bits per heavy atom. The molecule has 0 aromatic heterocycles. The second-order valence-corrected chi connectivity index (χ2v) is 5.31. The Morgan fingerprint density at radius 2 is 2.17 bits per heavy atom. The van der Waals surface area contributed by atoms with Crippen LogP contribution in [0, 0.1) is 0 Å². The second-order valence-electron chi connectivity index (χ2n) is 3.54. The summed E-state index contributed by atoms with van der Waals surface area (Å²) >= 11 is 6.68. The summed E-state index contributed by atoms with van der Waals surface area (Å²) in [6, 6.07) is 5.40. The topological polar surface area (TPSA) is 77.9 Å². The molecule has 1 amide bonds. The highest BCUT2D eigenvalue weighted by molar-refractivity contribution is 9.11. The fraction of sp³-hybridized carbons (Fsp3) is 0.364. The third-order valence-corrected chi connectivity index (χ3v) is 3.36. The number of rotatable bonds is 6. The summed E-state index contributed by atoms with van der Waals surface area (Å²) in [6.07, 6.45) is 1.56. The molecule has 0 saturated heterocycles. The zero-order chi connectivity index (χ0) is 13.4. The highest BCUT2D eigenvalue weighted by Gasteiger charge is 2.09. The van der Waals surface area contributed by atoms with E-state index in [9.17, 15) is 4.79 Å². The Morgan fingerprint density at radius 1 is 1.39 bits per heavy atom. The van der Waals surface area contributed by atoms with Crippen LogP contribution in [0.5, 0.6) is 0 Å². The number of hydrogen-bond donors (Lipinski definition) is 1. The summed E-state index contributed by atoms with van der Waals surface area (Å²) in [5, 5.41) is 6.24. The number of carbonyl (C=O) groups is 1. The number of azide groups is 1. The molecule has 1 aromatic rings. The Labute approximate surface area is 122 Å². The molecular formula is C11H12Br2N4O. The first-order valence-corrected chi connectivity index (χ1v) is 6.98. The van der Waals surface area contributed by atoms with Gasteiger partial charge in [-0.05, 0) is 52.5 Å². The van der Waals surface area contributed by atoms with Gasteiger partial charge in [-0.1, -0.05) is 21.0 Å². The van der Waals surface area contributed by atoms with Crippen LogP contribution in [-0.2, 0) is 0 Å². The molecule has 0 saturated carbocycles. The van der Waals surface area contributed by atoms with Gasteiger partial charge >= 0.3 is 0 Å². The highest BCUT2D eigenvalue weighted by Crippen LogP contribution is 2.21. The molecule has 0 bridgehead atoms. The summed E-state index contributed by atoms with van der Waals surface area (Å²) in [6.45, 7) is 1.04. The van der Waals surface area contributed by atoms with Crippen LogP contribution in [0.2, 0.25) is 0 Å². The van der Waals surface area contributed by atoms with E-state index in [-0.39, 0.29) is 5.91 Å². The number of nitrogens with zero attached hydrogens (tertiary/aromatic N) is 3. The van der Waals surface area contributed by atoms with Crippen LogP contribution in [0.25, 0.3) is 10.4 Å². The number of unbranched alkanes of at least 4 members (excludes halogenated alkanes) is 1. The Bertz CT molecular complexity index is 472. The molecule has 0 fully saturated rings. The third kappa shape index (κ3) is 5.08. The van der Waals surface area contributed by atoms with Gasteiger partial charge in [0.1, 0.15) is 0 Å². The van der Waals surface area contributed by atoms with E-state index in [1.54, 1.807) is 6.07 Å². The van der Waals surface area contributed by atoms with Gasteiger partial charge in [0, 0.05) is 26.9 Å². The second kappa shape index (κ2) is 8.13. The molecule has 5 nitrogen and oxygen atoms in total. The molecule has 1 rings (SSSR count). The van der Waals surface area contributed by atoms with E-state index in [0.29, 0.717) is 18.7 Å². The zero-order valence-electron chi connectivity index (χ0n) is 9.57. The van der Waals surface area contributed by atoms with Crippen molar-refractivity contribution in [2.75, 3.05) is 13.1 Å². The molecule has 0 aliphatic heterocycles. The summed E-state index contributed by atoms with van der Waals surface area (Å²) in [4.78, 5) is 14.5. The lowest BCUT2D eigenvalue weighted by Crippen LogP contribution is -2.24. The minimum Gasteiger partial charge on any atom is -0.352 e. The lowest BCUT2D eigenvalue weighted by atomic mass is 10.2. The molecule has 1 aromatic carbocycles. The number of amides is 1. The molecule has 0 atom stereocenters. The van der Waals surface area contributed by atoms with E-state index in [1.807, 2.05) is 12.1 Å². The molecule has 0 unspecified atom stereocenters. The van der Waals surface area contributed by atoms with Crippen molar-refractivity contribution in [1.82, 2.24) is 5.32 Å². The van der Waals surface area contributed by atoms with E-state index in [2.05, 4.69) is 47.2 Å². The van der Waals surface area contributed by atoms with Crippen LogP contribution in [0.1, 0.15) is 23.2 Å². The average Bonchev–Trinajstić information content (AvgIpc) is 2.33. The number of carbonyl (C=O) groups excluding carboxylic acids is 1. The van der Waals surface area contributed by atoms with Crippen LogP contribution in [0.15, 0.2) is 32.3 Å². The quantitative estimate of drug-likeness (QED) is 0.346. The molecule has 0 heterocycles. The van der Waals surface area contributed by atoms with Crippen LogP contribution in [0.3, 0.4) is 0 Å². The lowest BCUT2D eigenvalue weighted by Gasteiger charge is -2.06. The van der Waals surface area contributed by atoms with E-state index < -0.39 is 0 Å². The molecular weight excluding hydrogens is 364 g/mol. The SMILES string of the molecule is [N-]=[N+]=NCCCCNC(=O)c1ccc(Br)cc1Br. The Hall–Kier alpha value is -1.04. The normalized spacial score (nSPS) is 9.67. The van der Waals surface area contributed by atoms with Gasteiger partial charge in [-0.15, -0.1) is 0 Å². The van der Waals surface area contributed by atoms with Crippen molar-refractivity contribution in [1.29, 1.82) is 0 Å². The van der Waals surface area contributed by atoms with Gasteiger partial charge in [0.05, 0.1) is 5.56 Å². The minimum atomic E-state index is -0.113. The number of benzene rings is 1. The first-order chi connectivity index (χ1) is 8.65. The summed E-state index contributed by atoms with van der Waals surface area (Å²) < 4.78 is 1.67. The van der Waals surface area contributed by atoms with E-state index in [4.69, 9.17) is 5.53 Å². The van der Waals surface area contributed by atoms with Gasteiger partial charge < -0.3 is 5.32 Å². The molecule has 18 heavy (non-hydrogen) atoms. The van der Waals surface area contributed by atoms with Gasteiger partial charge in [0.2, 0.25) is 0 Å². The van der Waals surface area contributed by atoms with Crippen molar-refractivity contribution >= 4 is 37.8 Å². The maximum atomic E-state index is 11.8. The van der Waals surface area contributed by atoms with Crippen LogP contribution < -0.4 is 5.32 Å². The van der Waals surface area contributed by atoms with E-state index in [0.717, 1.165) is 21.8 Å². The van der Waals surface area contributed by atoms with Crippen molar-refractivity contribution in [3.05, 3.63) is 43.2 Å². The van der Waals surface area contributed by atoms with Gasteiger partial charge in [-0.3, -0.25) is 4.79 Å². The molecule has 0 aliphatic carbocycles. The lowest BCUT2D eigenvalue weighted by molar-refractivity contribution is 0.0952. The predicted octanol–water partition coefficient (Wildman–Crippen LogP) is 4.03. The zero-order valence-corrected chi connectivity index (χ0v) is 12.7. The monoisotopic (exact) mass is 374 g/mol. The van der Waals surface area contributed by atoms with Gasteiger partial charge in [0.25, 0.3) is 5.91 Å². The fourth-order valence-electron chi connectivity index (χ4n) is 1.32. The number of hydrogen-bond acceptors (Lipinski definition) is 2. The van der Waals surface area contributed by atoms with E-state index >= 15 is 0 Å². The van der Waals surface area contributed by atoms with Crippen molar-refractivity contribution in [2.24, 2.45) is 5.11 Å². The van der Waals surface area contributed by atoms with Crippen molar-refractivity contribution in [3.8, 4) is 0 Å². The minimum absolute atomic E-state index is 0.113. The largest absolute Gasteiger partial charge is 0.352 e. The molecule has 0 spiro atoms. The number of halogens is 2. The van der Waals surface area contributed by atoms with Crippen LogP contribution >= 0.6 is 31.9 Å². The van der Waals surface area contributed by atoms with Crippen LogP contribution in [-0.4, -0.2) is 19.0 Å². The molecule has 0 radical (unpaired) electrons. The van der Waals surface area contributed by atoms with Crippen molar-refractivity contribution in [2.45, 2.75) is 12.8 Å². The van der Waals surface area contributed by atoms with E-state index in [1.165, 1.54) is 0 Å². The summed E-state index contributed by atoms with van der Waals surface area (Å²) in [5.74, 6) is -0.113. The smallest absolute Gasteiger partial charge is 0.252 e. The van der Waals surface area contributed by atoms with Gasteiger partial charge in [0.15, 0.2) is 0 Å². The van der Waals surface area contributed by atoms with Gasteiger partial charge in [-0.2, -0.15) is 0 Å². The van der Waals surface area contributed by atoms with Gasteiger partial charge in [-0.25, -0.2) is 0 Å². The average molecular weight is 376 g/mol. The standard InChI is InChI=1S/C11H12Br2N4O/c12-8-3-4-9(10(13)7-8)11(18)15-5-1-2-6-16-17-14/h3-4,7H,1-2,5-6H2,(H,15,18). The molecule has 0 aliphatic rings. The number of nitrogens with one attached hydrogen (secondary N) is 1. The predicted molar refractivity (Wildman–Crippen MR) is 77.4 cm³/mol. The Kier molecular flexibility index (Phi) is 6.78. The fourth-order valence-corrected chi connectivity index (χ4v) is 2.55. The first-order valence-electron chi connectivity index (χ1n) is 5.39. The first kappa shape index (κ1) is 15.0. The van der Waals surface area contributed by atoms with Crippen molar-refractivity contribution < 1.29 is 4.79 Å². The Balaban J connectivity index is 2.38. The molecule has 7 heteroatoms. The third-order valence-electron chi connectivity index (χ3n) is 2.21. The molecule has 96 valence electrons. The van der Waals surface area contributed by atoms with Crippen molar-refractivity contribution in [3.63, 3.8) is 0 Å². The molecule has 1 N–H and O–H groups in total. The highest BCUT2D eigenvalue weighted by atomic mass is 79.9. The maximum absolute atomic E-state index is 11.8. The summed E-state index contributed by atoms with van der Waals surface area (Å²) in [5.41, 5.74) is 8.70. The maximum Gasteiger partial charge on any atom is 0.252 e.